The van der Waals surface area contributed by atoms with Crippen molar-refractivity contribution in [1.82, 2.24) is 0 Å². The Morgan fingerprint density at radius 3 is 2.45 bits per heavy atom. The van der Waals surface area contributed by atoms with Crippen LogP contribution < -0.4 is 10.2 Å². The van der Waals surface area contributed by atoms with Gasteiger partial charge >= 0.3 is 11.7 Å². The number of nitrogens with one attached hydrogen (secondary N) is 1. The van der Waals surface area contributed by atoms with Crippen molar-refractivity contribution in [2.24, 2.45) is 5.10 Å². The van der Waals surface area contributed by atoms with Gasteiger partial charge in [0.1, 0.15) is 11.4 Å². The smallest absolute Gasteiger partial charge is 0.379 e. The number of hydrogen-bond acceptors (Lipinski definition) is 9. The lowest BCUT2D eigenvalue weighted by Crippen LogP contribution is -2.07. The van der Waals surface area contributed by atoms with E-state index in [0.29, 0.717) is 11.3 Å². The summed E-state index contributed by atoms with van der Waals surface area (Å²) in [6.07, 6.45) is 2.74. The first-order valence-electron chi connectivity index (χ1n) is 8.01. The highest BCUT2D eigenvalue weighted by Crippen LogP contribution is 2.28. The highest BCUT2D eigenvalue weighted by Gasteiger charge is 2.19. The number of esters is 1. The molecule has 0 aliphatic carbocycles. The molecule has 0 spiro atoms. The fourth-order valence-corrected chi connectivity index (χ4v) is 2.23. The van der Waals surface area contributed by atoms with E-state index in [0.717, 1.165) is 12.1 Å². The summed E-state index contributed by atoms with van der Waals surface area (Å²) in [5.41, 5.74) is 2.22. The topological polar surface area (TPSA) is 150 Å². The number of nitrogens with zero attached hydrogens (tertiary/aromatic N) is 3. The number of carbonyl (C=O) groups is 1. The van der Waals surface area contributed by atoms with Crippen molar-refractivity contribution in [1.29, 1.82) is 0 Å². The van der Waals surface area contributed by atoms with E-state index in [9.17, 15) is 25.0 Å². The third-order valence-electron chi connectivity index (χ3n) is 3.60. The van der Waals surface area contributed by atoms with E-state index in [-0.39, 0.29) is 11.4 Å². The third-order valence-corrected chi connectivity index (χ3v) is 3.60. The highest BCUT2D eigenvalue weighted by atomic mass is 16.6. The summed E-state index contributed by atoms with van der Waals surface area (Å²) in [4.78, 5) is 32.2. The van der Waals surface area contributed by atoms with Crippen molar-refractivity contribution in [3.63, 3.8) is 0 Å². The standard InChI is InChI=1S/C18H12N4O7/c23-18(17-2-1-9-28-17)29-14-6-3-12(4-7-14)11-19-20-15-8-5-13(21(24)25)10-16(15)22(26)27/h1-11,20H. The van der Waals surface area contributed by atoms with Crippen molar-refractivity contribution in [2.45, 2.75) is 0 Å². The molecule has 0 fully saturated rings. The minimum Gasteiger partial charge on any atom is -0.457 e. The Morgan fingerprint density at radius 1 is 1.07 bits per heavy atom. The van der Waals surface area contributed by atoms with Gasteiger partial charge in [0.05, 0.1) is 28.4 Å². The second kappa shape index (κ2) is 8.43. The summed E-state index contributed by atoms with van der Waals surface area (Å²) < 4.78 is 10.1. The SMILES string of the molecule is O=C(Oc1ccc(C=NNc2ccc([N+](=O)[O-])cc2[N+](=O)[O-])cc1)c1ccco1. The van der Waals surface area contributed by atoms with E-state index in [2.05, 4.69) is 10.5 Å². The predicted molar refractivity (Wildman–Crippen MR) is 101 cm³/mol. The van der Waals surface area contributed by atoms with Gasteiger partial charge in [0.15, 0.2) is 0 Å². The molecule has 0 amide bonds. The first-order chi connectivity index (χ1) is 13.9. The number of nitro groups is 2. The molecular weight excluding hydrogens is 384 g/mol. The van der Waals surface area contributed by atoms with Crippen LogP contribution in [0, 0.1) is 20.2 Å². The normalized spacial score (nSPS) is 10.6. The van der Waals surface area contributed by atoms with Crippen molar-refractivity contribution >= 4 is 29.2 Å². The minimum atomic E-state index is -0.743. The number of nitro benzene ring substituents is 2. The number of carbonyl (C=O) groups excluding carboxylic acids is 1. The highest BCUT2D eigenvalue weighted by molar-refractivity contribution is 5.88. The van der Waals surface area contributed by atoms with Gasteiger partial charge in [-0.15, -0.1) is 0 Å². The zero-order valence-electron chi connectivity index (χ0n) is 14.6. The number of hydrogen-bond donors (Lipinski definition) is 1. The molecule has 1 aromatic heterocycles. The first-order valence-corrected chi connectivity index (χ1v) is 8.01. The Labute approximate surface area is 162 Å². The van der Waals surface area contributed by atoms with E-state index in [4.69, 9.17) is 9.15 Å². The van der Waals surface area contributed by atoms with Crippen LogP contribution in [0.4, 0.5) is 17.1 Å². The quantitative estimate of drug-likeness (QED) is 0.208. The summed E-state index contributed by atoms with van der Waals surface area (Å²) in [6.45, 7) is 0. The van der Waals surface area contributed by atoms with Crippen LogP contribution in [0.25, 0.3) is 0 Å². The van der Waals surface area contributed by atoms with Gasteiger partial charge in [0, 0.05) is 6.07 Å². The fraction of sp³-hybridized carbons (Fsp3) is 0. The number of rotatable bonds is 7. The molecule has 1 heterocycles. The number of benzene rings is 2. The van der Waals surface area contributed by atoms with Gasteiger partial charge in [-0.2, -0.15) is 5.10 Å². The Hall–Kier alpha value is -4.54. The zero-order valence-corrected chi connectivity index (χ0v) is 14.6. The maximum atomic E-state index is 11.8. The largest absolute Gasteiger partial charge is 0.457 e. The molecule has 29 heavy (non-hydrogen) atoms. The van der Waals surface area contributed by atoms with Gasteiger partial charge in [-0.1, -0.05) is 0 Å². The first kappa shape index (κ1) is 19.2. The lowest BCUT2D eigenvalue weighted by atomic mass is 10.2. The third kappa shape index (κ3) is 4.80. The van der Waals surface area contributed by atoms with E-state index in [1.54, 1.807) is 18.2 Å². The van der Waals surface area contributed by atoms with E-state index in [1.165, 1.54) is 36.7 Å². The van der Waals surface area contributed by atoms with Gasteiger partial charge < -0.3 is 9.15 Å². The predicted octanol–water partition coefficient (Wildman–Crippen LogP) is 3.76. The van der Waals surface area contributed by atoms with Gasteiger partial charge in [0.25, 0.3) is 5.69 Å². The zero-order chi connectivity index (χ0) is 20.8. The molecule has 3 aromatic rings. The van der Waals surface area contributed by atoms with Crippen LogP contribution in [0.3, 0.4) is 0 Å². The number of non-ortho nitro benzene ring substituents is 1. The molecule has 0 saturated carbocycles. The molecule has 11 heteroatoms. The molecule has 0 aliphatic heterocycles. The van der Waals surface area contributed by atoms with Gasteiger partial charge in [-0.3, -0.25) is 25.7 Å². The number of furan rings is 1. The Kier molecular flexibility index (Phi) is 5.59. The summed E-state index contributed by atoms with van der Waals surface area (Å²) in [6, 6.07) is 12.5. The average molecular weight is 396 g/mol. The van der Waals surface area contributed by atoms with Crippen LogP contribution in [0.15, 0.2) is 70.4 Å². The molecule has 3 rings (SSSR count). The summed E-state index contributed by atoms with van der Waals surface area (Å²) in [5.74, 6) is -0.268. The van der Waals surface area contributed by atoms with E-state index < -0.39 is 27.2 Å². The summed E-state index contributed by atoms with van der Waals surface area (Å²) in [7, 11) is 0. The monoisotopic (exact) mass is 396 g/mol. The maximum absolute atomic E-state index is 11.8. The van der Waals surface area contributed by atoms with Crippen LogP contribution in [-0.2, 0) is 0 Å². The number of hydrazone groups is 1. The minimum absolute atomic E-state index is 0.000785. The van der Waals surface area contributed by atoms with Crippen LogP contribution in [0.2, 0.25) is 0 Å². The molecular formula is C18H12N4O7. The molecule has 2 aromatic carbocycles. The molecule has 0 aliphatic rings. The molecule has 1 N–H and O–H groups in total. The van der Waals surface area contributed by atoms with E-state index >= 15 is 0 Å². The van der Waals surface area contributed by atoms with Gasteiger partial charge in [0.2, 0.25) is 5.76 Å². The van der Waals surface area contributed by atoms with Gasteiger partial charge in [-0.05, 0) is 48.0 Å². The average Bonchev–Trinajstić information content (AvgIpc) is 3.24. The van der Waals surface area contributed by atoms with Crippen molar-refractivity contribution in [2.75, 3.05) is 5.43 Å². The Bertz CT molecular complexity index is 1080. The molecule has 0 radical (unpaired) electrons. The fourth-order valence-electron chi connectivity index (χ4n) is 2.23. The van der Waals surface area contributed by atoms with Gasteiger partial charge in [-0.25, -0.2) is 4.79 Å². The lowest BCUT2D eigenvalue weighted by molar-refractivity contribution is -0.393. The van der Waals surface area contributed by atoms with Crippen molar-refractivity contribution in [3.8, 4) is 5.75 Å². The van der Waals surface area contributed by atoms with Crippen LogP contribution >= 0.6 is 0 Å². The number of ether oxygens (including phenoxy) is 1. The molecule has 0 saturated heterocycles. The molecule has 0 bridgehead atoms. The maximum Gasteiger partial charge on any atom is 0.379 e. The van der Waals surface area contributed by atoms with E-state index in [1.807, 2.05) is 0 Å². The van der Waals surface area contributed by atoms with Crippen LogP contribution in [-0.4, -0.2) is 22.0 Å². The second-order valence-corrected chi connectivity index (χ2v) is 5.52. The summed E-state index contributed by atoms with van der Waals surface area (Å²) >= 11 is 0. The van der Waals surface area contributed by atoms with Crippen molar-refractivity contribution in [3.05, 3.63) is 92.4 Å². The second-order valence-electron chi connectivity index (χ2n) is 5.52. The molecule has 11 nitrogen and oxygen atoms in total. The van der Waals surface area contributed by atoms with Crippen LogP contribution in [0.5, 0.6) is 5.75 Å². The summed E-state index contributed by atoms with van der Waals surface area (Å²) in [5, 5.41) is 25.7. The Morgan fingerprint density at radius 2 is 1.83 bits per heavy atom. The molecule has 0 unspecified atom stereocenters. The lowest BCUT2D eigenvalue weighted by Gasteiger charge is -2.03. The number of anilines is 1. The molecule has 146 valence electrons. The van der Waals surface area contributed by atoms with Crippen molar-refractivity contribution < 1.29 is 23.8 Å². The van der Waals surface area contributed by atoms with Crippen LogP contribution in [0.1, 0.15) is 16.1 Å². The molecule has 0 atom stereocenters. The Balaban J connectivity index is 1.65.